The van der Waals surface area contributed by atoms with Gasteiger partial charge >= 0.3 is 0 Å². The summed E-state index contributed by atoms with van der Waals surface area (Å²) in [4.78, 5) is 41.6. The van der Waals surface area contributed by atoms with Crippen LogP contribution in [0.25, 0.3) is 16.8 Å². The Hall–Kier alpha value is -6.90. The number of hydrogen-bond donors (Lipinski definition) is 3. The van der Waals surface area contributed by atoms with Crippen molar-refractivity contribution in [3.63, 3.8) is 0 Å². The second kappa shape index (κ2) is 17.1. The molecule has 7 aromatic carbocycles. The van der Waals surface area contributed by atoms with Crippen molar-refractivity contribution in [3.8, 4) is 11.5 Å². The van der Waals surface area contributed by atoms with Crippen LogP contribution in [0, 0.1) is 0 Å². The molecule has 0 aliphatic rings. The average molecular weight is 726 g/mol. The van der Waals surface area contributed by atoms with E-state index in [0.29, 0.717) is 22.7 Å². The topological polar surface area (TPSA) is 96.5 Å². The molecule has 0 aliphatic carbocycles. The van der Waals surface area contributed by atoms with E-state index in [1.165, 1.54) is 11.8 Å². The number of thioether (sulfide) groups is 1. The first-order chi connectivity index (χ1) is 26.5. The van der Waals surface area contributed by atoms with E-state index in [4.69, 9.17) is 4.74 Å². The summed E-state index contributed by atoms with van der Waals surface area (Å²) in [5, 5.41) is 10.2. The molecule has 54 heavy (non-hydrogen) atoms. The number of ether oxygens (including phenoxy) is 1. The van der Waals surface area contributed by atoms with Crippen molar-refractivity contribution in [2.45, 2.75) is 10.1 Å². The number of para-hydroxylation sites is 1. The molecule has 7 aromatic rings. The van der Waals surface area contributed by atoms with Crippen LogP contribution in [0.15, 0.2) is 193 Å². The molecule has 0 heterocycles. The number of carbonyl (C=O) groups excluding carboxylic acids is 3. The van der Waals surface area contributed by atoms with Gasteiger partial charge in [-0.25, -0.2) is 0 Å². The Morgan fingerprint density at radius 2 is 1.13 bits per heavy atom. The van der Waals surface area contributed by atoms with Crippen LogP contribution in [0.5, 0.6) is 11.5 Å². The number of rotatable bonds is 12. The largest absolute Gasteiger partial charge is 0.457 e. The van der Waals surface area contributed by atoms with Crippen molar-refractivity contribution < 1.29 is 19.1 Å². The van der Waals surface area contributed by atoms with Crippen LogP contribution in [0.3, 0.4) is 0 Å². The number of amides is 3. The third-order valence-corrected chi connectivity index (χ3v) is 9.73. The van der Waals surface area contributed by atoms with Crippen molar-refractivity contribution >= 4 is 57.7 Å². The van der Waals surface area contributed by atoms with E-state index in [0.717, 1.165) is 32.5 Å². The lowest BCUT2D eigenvalue weighted by molar-refractivity contribution is -0.116. The highest BCUT2D eigenvalue weighted by atomic mass is 32.2. The Morgan fingerprint density at radius 1 is 0.556 bits per heavy atom. The summed E-state index contributed by atoms with van der Waals surface area (Å²) < 4.78 is 5.89. The Bertz CT molecular complexity index is 2400. The second-order valence-corrected chi connectivity index (χ2v) is 13.4. The van der Waals surface area contributed by atoms with E-state index in [2.05, 4.69) is 16.0 Å². The SMILES string of the molecule is O=C(Nc1ccc(SC(C(=O)Nc2ccc(Oc3ccccc3)cc2)c2ccccc2)cc1)/C(=C/c1cccc2ccccc12)NC(=O)c1ccccc1. The molecular formula is C46H35N3O4S. The van der Waals surface area contributed by atoms with E-state index in [9.17, 15) is 14.4 Å². The highest BCUT2D eigenvalue weighted by Gasteiger charge is 2.23. The van der Waals surface area contributed by atoms with Gasteiger partial charge in [-0.05, 0) is 101 Å². The first-order valence-electron chi connectivity index (χ1n) is 17.3. The molecule has 264 valence electrons. The van der Waals surface area contributed by atoms with Crippen LogP contribution >= 0.6 is 11.8 Å². The van der Waals surface area contributed by atoms with Crippen molar-refractivity contribution in [1.82, 2.24) is 5.32 Å². The molecule has 7 nitrogen and oxygen atoms in total. The molecule has 1 unspecified atom stereocenters. The van der Waals surface area contributed by atoms with Gasteiger partial charge in [-0.1, -0.05) is 109 Å². The Morgan fingerprint density at radius 3 is 1.85 bits per heavy atom. The lowest BCUT2D eigenvalue weighted by Crippen LogP contribution is -2.30. The standard InChI is InChI=1S/C46H35N3O4S/c50-44(34-16-6-2-7-17-34)49-42(31-35-19-12-18-32-13-10-11-22-41(32)35)45(51)47-37-25-29-40(30-26-37)54-43(33-14-4-1-5-15-33)46(52)48-36-23-27-39(28-24-36)53-38-20-8-3-9-21-38/h1-31,43H,(H,47,51)(H,48,52)(H,49,50)/b42-31-. The molecule has 0 spiro atoms. The predicted octanol–water partition coefficient (Wildman–Crippen LogP) is 10.5. The van der Waals surface area contributed by atoms with Gasteiger partial charge in [-0.2, -0.15) is 0 Å². The summed E-state index contributed by atoms with van der Waals surface area (Å²) in [5.74, 6) is 0.334. The molecule has 0 saturated heterocycles. The fraction of sp³-hybridized carbons (Fsp3) is 0.0217. The van der Waals surface area contributed by atoms with Crippen molar-refractivity contribution in [3.05, 3.63) is 204 Å². The number of benzene rings is 7. The molecule has 8 heteroatoms. The quantitative estimate of drug-likeness (QED) is 0.0861. The maximum absolute atomic E-state index is 13.8. The molecule has 0 aliphatic heterocycles. The van der Waals surface area contributed by atoms with Gasteiger partial charge in [0.1, 0.15) is 22.4 Å². The van der Waals surface area contributed by atoms with Crippen LogP contribution in [-0.2, 0) is 9.59 Å². The number of carbonyl (C=O) groups is 3. The van der Waals surface area contributed by atoms with Crippen LogP contribution in [0.4, 0.5) is 11.4 Å². The van der Waals surface area contributed by atoms with Crippen molar-refractivity contribution in [2.75, 3.05) is 10.6 Å². The molecule has 3 amide bonds. The molecule has 1 atom stereocenters. The Balaban J connectivity index is 1.07. The first-order valence-corrected chi connectivity index (χ1v) is 18.2. The minimum atomic E-state index is -0.560. The van der Waals surface area contributed by atoms with Gasteiger partial charge in [-0.15, -0.1) is 11.8 Å². The summed E-state index contributed by atoms with van der Waals surface area (Å²) in [6.45, 7) is 0. The maximum atomic E-state index is 13.8. The normalized spacial score (nSPS) is 11.7. The molecule has 0 radical (unpaired) electrons. The fourth-order valence-corrected chi connectivity index (χ4v) is 6.79. The van der Waals surface area contributed by atoms with Crippen LogP contribution in [0.2, 0.25) is 0 Å². The van der Waals surface area contributed by atoms with Gasteiger partial charge < -0.3 is 20.7 Å². The van der Waals surface area contributed by atoms with E-state index in [1.807, 2.05) is 146 Å². The summed E-state index contributed by atoms with van der Waals surface area (Å²) in [7, 11) is 0. The van der Waals surface area contributed by atoms with Gasteiger partial charge in [0.05, 0.1) is 0 Å². The molecule has 7 rings (SSSR count). The minimum absolute atomic E-state index is 0.0964. The van der Waals surface area contributed by atoms with Crippen molar-refractivity contribution in [1.29, 1.82) is 0 Å². The van der Waals surface area contributed by atoms with Gasteiger partial charge in [0.2, 0.25) is 5.91 Å². The number of fused-ring (bicyclic) bond motifs is 1. The second-order valence-electron chi connectivity index (χ2n) is 12.3. The zero-order valence-corrected chi connectivity index (χ0v) is 29.8. The van der Waals surface area contributed by atoms with E-state index in [-0.39, 0.29) is 11.6 Å². The smallest absolute Gasteiger partial charge is 0.272 e. The van der Waals surface area contributed by atoms with Gasteiger partial charge in [0.25, 0.3) is 11.8 Å². The number of nitrogens with one attached hydrogen (secondary N) is 3. The molecule has 0 saturated carbocycles. The molecule has 3 N–H and O–H groups in total. The zero-order chi connectivity index (χ0) is 37.1. The van der Waals surface area contributed by atoms with Gasteiger partial charge in [-0.3, -0.25) is 14.4 Å². The molecule has 0 aromatic heterocycles. The lowest BCUT2D eigenvalue weighted by atomic mass is 10.0. The van der Waals surface area contributed by atoms with Crippen LogP contribution in [-0.4, -0.2) is 17.7 Å². The highest BCUT2D eigenvalue weighted by molar-refractivity contribution is 8.00. The Kier molecular flexibility index (Phi) is 11.2. The van der Waals surface area contributed by atoms with E-state index < -0.39 is 17.1 Å². The third kappa shape index (κ3) is 9.11. The predicted molar refractivity (Wildman–Crippen MR) is 218 cm³/mol. The van der Waals surface area contributed by atoms with E-state index >= 15 is 0 Å². The monoisotopic (exact) mass is 725 g/mol. The van der Waals surface area contributed by atoms with Gasteiger partial charge in [0, 0.05) is 21.8 Å². The third-order valence-electron chi connectivity index (χ3n) is 8.46. The van der Waals surface area contributed by atoms with E-state index in [1.54, 1.807) is 42.5 Å². The fourth-order valence-electron chi connectivity index (χ4n) is 5.77. The van der Waals surface area contributed by atoms with Crippen LogP contribution < -0.4 is 20.7 Å². The molecular weight excluding hydrogens is 691 g/mol. The summed E-state index contributed by atoms with van der Waals surface area (Å²) in [6.07, 6.45) is 1.69. The Labute approximate surface area is 317 Å². The molecule has 0 bridgehead atoms. The average Bonchev–Trinajstić information content (AvgIpc) is 3.22. The lowest BCUT2D eigenvalue weighted by Gasteiger charge is -2.18. The minimum Gasteiger partial charge on any atom is -0.457 e. The number of anilines is 2. The zero-order valence-electron chi connectivity index (χ0n) is 29.0. The highest BCUT2D eigenvalue weighted by Crippen LogP contribution is 2.37. The summed E-state index contributed by atoms with van der Waals surface area (Å²) in [6, 6.07) is 56.1. The van der Waals surface area contributed by atoms with Gasteiger partial charge in [0.15, 0.2) is 0 Å². The first kappa shape index (κ1) is 35.5. The summed E-state index contributed by atoms with van der Waals surface area (Å²) in [5.41, 5.74) is 3.34. The maximum Gasteiger partial charge on any atom is 0.272 e. The van der Waals surface area contributed by atoms with Crippen LogP contribution in [0.1, 0.15) is 26.7 Å². The summed E-state index contributed by atoms with van der Waals surface area (Å²) >= 11 is 1.40. The number of hydrogen-bond acceptors (Lipinski definition) is 5. The van der Waals surface area contributed by atoms with Crippen molar-refractivity contribution in [2.24, 2.45) is 0 Å². The molecule has 0 fully saturated rings.